The number of benzene rings is 2. The number of rotatable bonds is 5. The third kappa shape index (κ3) is 4.89. The predicted molar refractivity (Wildman–Crippen MR) is 130 cm³/mol. The molecule has 1 N–H and O–H groups in total. The van der Waals surface area contributed by atoms with E-state index >= 15 is 0 Å². The molecule has 0 bridgehead atoms. The minimum Gasteiger partial charge on any atom is -0.355 e. The van der Waals surface area contributed by atoms with Crippen molar-refractivity contribution in [1.82, 2.24) is 15.5 Å². The van der Waals surface area contributed by atoms with Gasteiger partial charge in [-0.1, -0.05) is 12.1 Å². The zero-order valence-electron chi connectivity index (χ0n) is 19.4. The van der Waals surface area contributed by atoms with E-state index in [1.54, 1.807) is 36.4 Å². The molecule has 0 atom stereocenters. The zero-order valence-corrected chi connectivity index (χ0v) is 19.4. The summed E-state index contributed by atoms with van der Waals surface area (Å²) in [5.74, 6) is 1.21. The third-order valence-corrected chi connectivity index (χ3v) is 6.53. The van der Waals surface area contributed by atoms with Crippen LogP contribution in [0.4, 0.5) is 5.82 Å². The Kier molecular flexibility index (Phi) is 6.85. The highest BCUT2D eigenvalue weighted by Gasteiger charge is 2.23. The summed E-state index contributed by atoms with van der Waals surface area (Å²) < 4.78 is 0. The molecule has 2 heterocycles. The van der Waals surface area contributed by atoms with Gasteiger partial charge in [0.2, 0.25) is 0 Å². The van der Waals surface area contributed by atoms with E-state index in [-0.39, 0.29) is 5.91 Å². The van der Waals surface area contributed by atoms with E-state index in [1.807, 2.05) is 12.1 Å². The van der Waals surface area contributed by atoms with Crippen LogP contribution in [-0.2, 0) is 0 Å². The molecule has 1 aromatic heterocycles. The van der Waals surface area contributed by atoms with Crippen LogP contribution in [0.2, 0.25) is 0 Å². The molecule has 1 fully saturated rings. The van der Waals surface area contributed by atoms with Gasteiger partial charge in [0, 0.05) is 30.8 Å². The topological polar surface area (TPSA) is 106 Å². The Balaban J connectivity index is 1.35. The van der Waals surface area contributed by atoms with Crippen LogP contribution in [0.1, 0.15) is 45.5 Å². The van der Waals surface area contributed by atoms with Crippen molar-refractivity contribution in [3.8, 4) is 23.4 Å². The number of nitrogens with zero attached hydrogens (tertiary/aromatic N) is 5. The van der Waals surface area contributed by atoms with Crippen molar-refractivity contribution >= 4 is 11.7 Å². The molecule has 0 unspecified atom stereocenters. The first-order valence-corrected chi connectivity index (χ1v) is 11.4. The van der Waals surface area contributed by atoms with Crippen LogP contribution in [-0.4, -0.2) is 35.7 Å². The summed E-state index contributed by atoms with van der Waals surface area (Å²) >= 11 is 0. The molecule has 1 aliphatic rings. The Hall–Kier alpha value is -4.23. The van der Waals surface area contributed by atoms with Gasteiger partial charge < -0.3 is 10.2 Å². The fraction of sp³-hybridized carbons (Fsp3) is 0.296. The van der Waals surface area contributed by atoms with Crippen molar-refractivity contribution in [1.29, 1.82) is 10.5 Å². The molecule has 7 heteroatoms. The van der Waals surface area contributed by atoms with Crippen molar-refractivity contribution in [3.05, 3.63) is 76.3 Å². The number of hydrogen-bond acceptors (Lipinski definition) is 6. The molecule has 3 aromatic rings. The van der Waals surface area contributed by atoms with Gasteiger partial charge in [-0.2, -0.15) is 10.5 Å². The van der Waals surface area contributed by atoms with E-state index in [0.29, 0.717) is 29.2 Å². The second-order valence-corrected chi connectivity index (χ2v) is 8.64. The zero-order chi connectivity index (χ0) is 24.1. The maximum absolute atomic E-state index is 12.4. The van der Waals surface area contributed by atoms with Gasteiger partial charge >= 0.3 is 0 Å². The van der Waals surface area contributed by atoms with Crippen LogP contribution in [0.5, 0.6) is 0 Å². The molecule has 0 radical (unpaired) electrons. The highest BCUT2D eigenvalue weighted by molar-refractivity contribution is 5.94. The summed E-state index contributed by atoms with van der Waals surface area (Å²) in [5.41, 5.74) is 5.73. The molecular formula is C27H26N6O. The molecule has 1 amide bonds. The maximum atomic E-state index is 12.4. The monoisotopic (exact) mass is 450 g/mol. The highest BCUT2D eigenvalue weighted by atomic mass is 16.1. The van der Waals surface area contributed by atoms with E-state index < -0.39 is 0 Å². The van der Waals surface area contributed by atoms with Gasteiger partial charge in [0.25, 0.3) is 5.91 Å². The summed E-state index contributed by atoms with van der Waals surface area (Å²) in [6.45, 7) is 6.50. The van der Waals surface area contributed by atoms with Crippen molar-refractivity contribution in [2.45, 2.75) is 26.7 Å². The molecule has 170 valence electrons. The summed E-state index contributed by atoms with van der Waals surface area (Å²) in [5, 5.41) is 30.0. The van der Waals surface area contributed by atoms with Gasteiger partial charge in [-0.15, -0.1) is 10.2 Å². The molecule has 7 nitrogen and oxygen atoms in total. The molecule has 0 saturated carbocycles. The smallest absolute Gasteiger partial charge is 0.251 e. The minimum absolute atomic E-state index is 0.109. The average Bonchev–Trinajstić information content (AvgIpc) is 2.89. The largest absolute Gasteiger partial charge is 0.355 e. The van der Waals surface area contributed by atoms with Crippen LogP contribution >= 0.6 is 0 Å². The van der Waals surface area contributed by atoms with Crippen LogP contribution in [0.3, 0.4) is 0 Å². The average molecular weight is 451 g/mol. The van der Waals surface area contributed by atoms with E-state index in [0.717, 1.165) is 54.1 Å². The lowest BCUT2D eigenvalue weighted by Gasteiger charge is -2.33. The number of piperidine rings is 1. The molecule has 2 aromatic carbocycles. The van der Waals surface area contributed by atoms with E-state index in [9.17, 15) is 4.79 Å². The number of carbonyl (C=O) groups is 1. The van der Waals surface area contributed by atoms with Crippen molar-refractivity contribution in [2.24, 2.45) is 5.92 Å². The number of carbonyl (C=O) groups excluding carboxylic acids is 1. The van der Waals surface area contributed by atoms with Crippen LogP contribution in [0.25, 0.3) is 11.3 Å². The first-order valence-electron chi connectivity index (χ1n) is 11.4. The van der Waals surface area contributed by atoms with Crippen molar-refractivity contribution in [3.63, 3.8) is 0 Å². The molecule has 1 aliphatic heterocycles. The first-order chi connectivity index (χ1) is 16.5. The van der Waals surface area contributed by atoms with E-state index in [4.69, 9.17) is 10.5 Å². The predicted octanol–water partition coefficient (Wildman–Crippen LogP) is 4.15. The standard InChI is InChI=1S/C27H26N6O/c1-18-19(2)26(32-31-25(18)23-7-3-20(15-28)4-8-23)33-13-11-22(12-14-33)17-30-27(34)24-9-5-21(16-29)6-10-24/h3-10,22H,11-14,17H2,1-2H3,(H,30,34). The molecule has 1 saturated heterocycles. The Morgan fingerprint density at radius 3 is 2.12 bits per heavy atom. The van der Waals surface area contributed by atoms with Gasteiger partial charge in [0.1, 0.15) is 0 Å². The first kappa shape index (κ1) is 22.9. The SMILES string of the molecule is Cc1c(-c2ccc(C#N)cc2)nnc(N2CCC(CNC(=O)c3ccc(C#N)cc3)CC2)c1C. The summed E-state index contributed by atoms with van der Waals surface area (Å²) in [6.07, 6.45) is 1.93. The normalized spacial score (nSPS) is 13.7. The van der Waals surface area contributed by atoms with Gasteiger partial charge in [0.15, 0.2) is 5.82 Å². The minimum atomic E-state index is -0.109. The Morgan fingerprint density at radius 2 is 1.53 bits per heavy atom. The second kappa shape index (κ2) is 10.1. The van der Waals surface area contributed by atoms with Gasteiger partial charge in [-0.25, -0.2) is 0 Å². The second-order valence-electron chi connectivity index (χ2n) is 8.64. The summed E-state index contributed by atoms with van der Waals surface area (Å²) in [7, 11) is 0. The highest BCUT2D eigenvalue weighted by Crippen LogP contribution is 2.30. The van der Waals surface area contributed by atoms with Gasteiger partial charge in [0.05, 0.1) is 29.0 Å². The lowest BCUT2D eigenvalue weighted by atomic mass is 9.96. The molecule has 0 aliphatic carbocycles. The molecule has 4 rings (SSSR count). The number of amides is 1. The molecular weight excluding hydrogens is 424 g/mol. The summed E-state index contributed by atoms with van der Waals surface area (Å²) in [4.78, 5) is 14.7. The maximum Gasteiger partial charge on any atom is 0.251 e. The fourth-order valence-corrected chi connectivity index (χ4v) is 4.25. The number of aromatic nitrogens is 2. The van der Waals surface area contributed by atoms with E-state index in [1.165, 1.54) is 0 Å². The van der Waals surface area contributed by atoms with Crippen LogP contribution in [0.15, 0.2) is 48.5 Å². The third-order valence-electron chi connectivity index (χ3n) is 6.53. The van der Waals surface area contributed by atoms with Crippen LogP contribution < -0.4 is 10.2 Å². The Morgan fingerprint density at radius 1 is 0.941 bits per heavy atom. The van der Waals surface area contributed by atoms with Gasteiger partial charge in [-0.3, -0.25) is 4.79 Å². The lowest BCUT2D eigenvalue weighted by molar-refractivity contribution is 0.0945. The molecule has 34 heavy (non-hydrogen) atoms. The van der Waals surface area contributed by atoms with Crippen molar-refractivity contribution in [2.75, 3.05) is 24.5 Å². The van der Waals surface area contributed by atoms with Crippen LogP contribution in [0, 0.1) is 42.4 Å². The number of nitrogens with one attached hydrogen (secondary N) is 1. The van der Waals surface area contributed by atoms with Gasteiger partial charge in [-0.05, 0) is 80.1 Å². The Labute approximate surface area is 199 Å². The number of nitriles is 2. The number of anilines is 1. The summed E-state index contributed by atoms with van der Waals surface area (Å²) in [6, 6.07) is 18.3. The quantitative estimate of drug-likeness (QED) is 0.626. The number of hydrogen-bond donors (Lipinski definition) is 1. The lowest BCUT2D eigenvalue weighted by Crippen LogP contribution is -2.39. The molecule has 0 spiro atoms. The van der Waals surface area contributed by atoms with E-state index in [2.05, 4.69) is 46.4 Å². The van der Waals surface area contributed by atoms with Crippen molar-refractivity contribution < 1.29 is 4.79 Å². The fourth-order valence-electron chi connectivity index (χ4n) is 4.25. The Bertz CT molecular complexity index is 1260.